The first-order valence-corrected chi connectivity index (χ1v) is 6.02. The maximum Gasteiger partial charge on any atom is 0.334 e. The van der Waals surface area contributed by atoms with E-state index in [0.29, 0.717) is 13.2 Å². The summed E-state index contributed by atoms with van der Waals surface area (Å²) >= 11 is 0. The second-order valence-electron chi connectivity index (χ2n) is 4.40. The van der Waals surface area contributed by atoms with Crippen LogP contribution in [0.25, 0.3) is 0 Å². The number of carboxylic acid groups (broad SMARTS) is 1. The zero-order valence-corrected chi connectivity index (χ0v) is 10.6. The SMILES string of the molecule is CCC1COC(C)CN1C(=O)NC[C@H](O)C(=O)O. The molecule has 1 saturated heterocycles. The lowest BCUT2D eigenvalue weighted by Crippen LogP contribution is -2.55. The van der Waals surface area contributed by atoms with Crippen LogP contribution in [0.4, 0.5) is 4.79 Å². The van der Waals surface area contributed by atoms with Crippen molar-refractivity contribution < 1.29 is 24.5 Å². The number of carbonyl (C=O) groups excluding carboxylic acids is 1. The van der Waals surface area contributed by atoms with E-state index in [1.54, 1.807) is 4.90 Å². The summed E-state index contributed by atoms with van der Waals surface area (Å²) < 4.78 is 5.46. The highest BCUT2D eigenvalue weighted by Crippen LogP contribution is 2.14. The van der Waals surface area contributed by atoms with Gasteiger partial charge < -0.3 is 25.2 Å². The molecule has 3 atom stereocenters. The van der Waals surface area contributed by atoms with Gasteiger partial charge in [0.05, 0.1) is 25.3 Å². The van der Waals surface area contributed by atoms with Gasteiger partial charge in [-0.2, -0.15) is 0 Å². The third kappa shape index (κ3) is 3.85. The fourth-order valence-electron chi connectivity index (χ4n) is 1.80. The Morgan fingerprint density at radius 2 is 2.22 bits per heavy atom. The van der Waals surface area contributed by atoms with E-state index in [9.17, 15) is 9.59 Å². The van der Waals surface area contributed by atoms with Crippen molar-refractivity contribution in [3.8, 4) is 0 Å². The largest absolute Gasteiger partial charge is 0.479 e. The van der Waals surface area contributed by atoms with E-state index >= 15 is 0 Å². The molecule has 1 aliphatic heterocycles. The van der Waals surface area contributed by atoms with Crippen molar-refractivity contribution in [2.45, 2.75) is 38.5 Å². The van der Waals surface area contributed by atoms with Gasteiger partial charge in [0, 0.05) is 6.54 Å². The van der Waals surface area contributed by atoms with E-state index in [0.717, 1.165) is 6.42 Å². The predicted octanol–water partition coefficient (Wildman–Crippen LogP) is -0.359. The number of carboxylic acids is 1. The van der Waals surface area contributed by atoms with Crippen molar-refractivity contribution in [3.05, 3.63) is 0 Å². The van der Waals surface area contributed by atoms with Crippen molar-refractivity contribution >= 4 is 12.0 Å². The maximum atomic E-state index is 11.9. The lowest BCUT2D eigenvalue weighted by molar-refractivity contribution is -0.146. The van der Waals surface area contributed by atoms with Crippen molar-refractivity contribution in [2.75, 3.05) is 19.7 Å². The summed E-state index contributed by atoms with van der Waals surface area (Å²) in [6, 6.07) is -0.375. The summed E-state index contributed by atoms with van der Waals surface area (Å²) in [6.07, 6.45) is -0.850. The first-order chi connectivity index (χ1) is 8.45. The van der Waals surface area contributed by atoms with Crippen LogP contribution >= 0.6 is 0 Å². The molecule has 0 spiro atoms. The van der Waals surface area contributed by atoms with Crippen molar-refractivity contribution in [1.82, 2.24) is 10.2 Å². The van der Waals surface area contributed by atoms with Gasteiger partial charge in [0.1, 0.15) is 0 Å². The van der Waals surface area contributed by atoms with Crippen LogP contribution in [0.5, 0.6) is 0 Å². The first-order valence-electron chi connectivity index (χ1n) is 6.02. The molecule has 1 fully saturated rings. The predicted molar refractivity (Wildman–Crippen MR) is 63.2 cm³/mol. The number of aliphatic hydroxyl groups excluding tert-OH is 1. The molecule has 0 aromatic rings. The van der Waals surface area contributed by atoms with Gasteiger partial charge in [0.25, 0.3) is 0 Å². The first kappa shape index (κ1) is 14.7. The van der Waals surface area contributed by atoms with Gasteiger partial charge in [0.15, 0.2) is 6.10 Å². The summed E-state index contributed by atoms with van der Waals surface area (Å²) in [5.41, 5.74) is 0. The number of hydrogen-bond acceptors (Lipinski definition) is 4. The Morgan fingerprint density at radius 1 is 1.56 bits per heavy atom. The van der Waals surface area contributed by atoms with E-state index < -0.39 is 12.1 Å². The Labute approximate surface area is 106 Å². The highest BCUT2D eigenvalue weighted by molar-refractivity contribution is 5.77. The topological polar surface area (TPSA) is 99.1 Å². The van der Waals surface area contributed by atoms with E-state index in [1.165, 1.54) is 0 Å². The number of morpholine rings is 1. The minimum absolute atomic E-state index is 0.0110. The summed E-state index contributed by atoms with van der Waals surface area (Å²) in [6.45, 7) is 4.48. The molecule has 0 aromatic carbocycles. The highest BCUT2D eigenvalue weighted by Gasteiger charge is 2.29. The van der Waals surface area contributed by atoms with Gasteiger partial charge in [0.2, 0.25) is 0 Å². The third-order valence-corrected chi connectivity index (χ3v) is 2.93. The molecule has 7 nitrogen and oxygen atoms in total. The number of nitrogens with one attached hydrogen (secondary N) is 1. The normalized spacial score (nSPS) is 25.6. The smallest absolute Gasteiger partial charge is 0.334 e. The van der Waals surface area contributed by atoms with Crippen LogP contribution in [0.1, 0.15) is 20.3 Å². The number of urea groups is 1. The van der Waals surface area contributed by atoms with Gasteiger partial charge >= 0.3 is 12.0 Å². The standard InChI is InChI=1S/C11H20N2O5/c1-3-8-6-18-7(2)5-13(8)11(17)12-4-9(14)10(15)16/h7-9,14H,3-6H2,1-2H3,(H,12,17)(H,15,16)/t7?,8?,9-/m0/s1. The fourth-order valence-corrected chi connectivity index (χ4v) is 1.80. The lowest BCUT2D eigenvalue weighted by Gasteiger charge is -2.38. The van der Waals surface area contributed by atoms with Crippen LogP contribution in [-0.4, -0.2) is 65.1 Å². The molecule has 2 amide bonds. The molecular weight excluding hydrogens is 240 g/mol. The molecule has 18 heavy (non-hydrogen) atoms. The number of carbonyl (C=O) groups is 2. The number of hydrogen-bond donors (Lipinski definition) is 3. The monoisotopic (exact) mass is 260 g/mol. The van der Waals surface area contributed by atoms with Crippen LogP contribution in [0.3, 0.4) is 0 Å². The van der Waals surface area contributed by atoms with Crippen LogP contribution < -0.4 is 5.32 Å². The Kier molecular flexibility index (Phi) is 5.36. The second kappa shape index (κ2) is 6.55. The second-order valence-corrected chi connectivity index (χ2v) is 4.40. The van der Waals surface area contributed by atoms with Gasteiger partial charge in [-0.1, -0.05) is 6.92 Å². The number of ether oxygens (including phenoxy) is 1. The molecule has 1 rings (SSSR count). The zero-order chi connectivity index (χ0) is 13.7. The molecular formula is C11H20N2O5. The number of amides is 2. The van der Waals surface area contributed by atoms with E-state index in [1.807, 2.05) is 13.8 Å². The average Bonchev–Trinajstić information content (AvgIpc) is 2.35. The quantitative estimate of drug-likeness (QED) is 0.641. The van der Waals surface area contributed by atoms with Crippen LogP contribution in [0, 0.1) is 0 Å². The number of aliphatic hydroxyl groups is 1. The Balaban J connectivity index is 2.50. The van der Waals surface area contributed by atoms with Gasteiger partial charge in [-0.3, -0.25) is 0 Å². The fraction of sp³-hybridized carbons (Fsp3) is 0.818. The van der Waals surface area contributed by atoms with Crippen LogP contribution in [0.15, 0.2) is 0 Å². The van der Waals surface area contributed by atoms with Gasteiger partial charge in [-0.15, -0.1) is 0 Å². The number of aliphatic carboxylic acids is 1. The van der Waals surface area contributed by atoms with Crippen LogP contribution in [0.2, 0.25) is 0 Å². The van der Waals surface area contributed by atoms with Gasteiger partial charge in [-0.25, -0.2) is 9.59 Å². The molecule has 104 valence electrons. The molecule has 0 aliphatic carbocycles. The summed E-state index contributed by atoms with van der Waals surface area (Å²) in [5, 5.41) is 20.0. The molecule has 0 radical (unpaired) electrons. The van der Waals surface area contributed by atoms with Crippen molar-refractivity contribution in [2.24, 2.45) is 0 Å². The number of nitrogens with zero attached hydrogens (tertiary/aromatic N) is 1. The minimum atomic E-state index is -1.58. The summed E-state index contributed by atoms with van der Waals surface area (Å²) in [5.74, 6) is -1.35. The molecule has 1 aliphatic rings. The zero-order valence-electron chi connectivity index (χ0n) is 10.6. The Bertz CT molecular complexity index is 310. The minimum Gasteiger partial charge on any atom is -0.479 e. The Hall–Kier alpha value is -1.34. The maximum absolute atomic E-state index is 11.9. The Morgan fingerprint density at radius 3 is 2.78 bits per heavy atom. The molecule has 2 unspecified atom stereocenters. The molecule has 0 saturated carbocycles. The van der Waals surface area contributed by atoms with E-state index in [4.69, 9.17) is 14.9 Å². The van der Waals surface area contributed by atoms with E-state index in [-0.39, 0.29) is 24.7 Å². The number of rotatable bonds is 4. The molecule has 0 aromatic heterocycles. The summed E-state index contributed by atoms with van der Waals surface area (Å²) in [7, 11) is 0. The molecule has 0 bridgehead atoms. The van der Waals surface area contributed by atoms with Gasteiger partial charge in [-0.05, 0) is 13.3 Å². The van der Waals surface area contributed by atoms with Crippen LogP contribution in [-0.2, 0) is 9.53 Å². The van der Waals surface area contributed by atoms with Crippen molar-refractivity contribution in [3.63, 3.8) is 0 Å². The molecule has 1 heterocycles. The third-order valence-electron chi connectivity index (χ3n) is 2.93. The van der Waals surface area contributed by atoms with Crippen molar-refractivity contribution in [1.29, 1.82) is 0 Å². The molecule has 3 N–H and O–H groups in total. The van der Waals surface area contributed by atoms with E-state index in [2.05, 4.69) is 5.32 Å². The molecule has 7 heteroatoms. The highest BCUT2D eigenvalue weighted by atomic mass is 16.5. The summed E-state index contributed by atoms with van der Waals surface area (Å²) in [4.78, 5) is 23.9. The lowest BCUT2D eigenvalue weighted by atomic mass is 10.1. The average molecular weight is 260 g/mol.